The van der Waals surface area contributed by atoms with E-state index in [1.807, 2.05) is 60.7 Å². The summed E-state index contributed by atoms with van der Waals surface area (Å²) in [5, 5.41) is 6.25. The Balaban J connectivity index is 1.76. The van der Waals surface area contributed by atoms with Gasteiger partial charge < -0.3 is 0 Å². The minimum absolute atomic E-state index is 0.497. The molecule has 0 radical (unpaired) electrons. The second-order valence-electron chi connectivity index (χ2n) is 5.82. The van der Waals surface area contributed by atoms with E-state index in [-0.39, 0.29) is 0 Å². The van der Waals surface area contributed by atoms with Gasteiger partial charge in [-0.1, -0.05) is 65.7 Å². The lowest BCUT2D eigenvalue weighted by Gasteiger charge is -2.09. The van der Waals surface area contributed by atoms with Crippen molar-refractivity contribution in [2.75, 3.05) is 5.43 Å². The molecule has 6 heteroatoms. The van der Waals surface area contributed by atoms with Gasteiger partial charge in [-0.15, -0.1) is 0 Å². The molecule has 3 aromatic carbocycles. The number of hydrogen-bond donors (Lipinski definition) is 1. The van der Waals surface area contributed by atoms with E-state index in [9.17, 15) is 0 Å². The third-order valence-electron chi connectivity index (χ3n) is 3.96. The molecule has 0 bridgehead atoms. The fourth-order valence-electron chi connectivity index (χ4n) is 2.66. The SMILES string of the molecule is Clc1ccc(-c2nc(N/N=C\c3ccccc3)c3ccccc3n2)c(Cl)c1. The quantitative estimate of drug-likeness (QED) is 0.339. The van der Waals surface area contributed by atoms with Crippen LogP contribution in [0.5, 0.6) is 0 Å². The summed E-state index contributed by atoms with van der Waals surface area (Å²) < 4.78 is 0. The summed E-state index contributed by atoms with van der Waals surface area (Å²) in [6, 6.07) is 22.8. The number of halogens is 2. The molecule has 27 heavy (non-hydrogen) atoms. The molecule has 0 saturated heterocycles. The highest BCUT2D eigenvalue weighted by atomic mass is 35.5. The smallest absolute Gasteiger partial charge is 0.163 e. The van der Waals surface area contributed by atoms with Gasteiger partial charge in [-0.25, -0.2) is 9.97 Å². The predicted octanol–water partition coefficient (Wildman–Crippen LogP) is 6.05. The lowest BCUT2D eigenvalue weighted by atomic mass is 10.2. The van der Waals surface area contributed by atoms with E-state index < -0.39 is 0 Å². The molecule has 0 spiro atoms. The van der Waals surface area contributed by atoms with Gasteiger partial charge in [-0.05, 0) is 35.9 Å². The van der Waals surface area contributed by atoms with Gasteiger partial charge in [0.15, 0.2) is 11.6 Å². The van der Waals surface area contributed by atoms with Gasteiger partial charge in [-0.2, -0.15) is 5.10 Å². The Labute approximate surface area is 166 Å². The van der Waals surface area contributed by atoms with E-state index in [0.29, 0.717) is 27.3 Å². The fourth-order valence-corrected chi connectivity index (χ4v) is 3.15. The van der Waals surface area contributed by atoms with E-state index in [1.165, 1.54) is 0 Å². The average molecular weight is 393 g/mol. The molecule has 0 aliphatic rings. The van der Waals surface area contributed by atoms with Crippen LogP contribution < -0.4 is 5.43 Å². The Hall–Kier alpha value is -2.95. The summed E-state index contributed by atoms with van der Waals surface area (Å²) in [4.78, 5) is 9.26. The number of nitrogens with zero attached hydrogens (tertiary/aromatic N) is 3. The number of para-hydroxylation sites is 1. The van der Waals surface area contributed by atoms with Crippen molar-refractivity contribution in [3.63, 3.8) is 0 Å². The standard InChI is InChI=1S/C21H14Cl2N4/c22-15-10-11-16(18(23)12-15)20-25-19-9-5-4-8-17(19)21(26-20)27-24-13-14-6-2-1-3-7-14/h1-13H,(H,25,26,27)/b24-13-. The molecule has 0 saturated carbocycles. The molecule has 0 amide bonds. The molecule has 0 unspecified atom stereocenters. The van der Waals surface area contributed by atoms with Crippen molar-refractivity contribution < 1.29 is 0 Å². The van der Waals surface area contributed by atoms with Gasteiger partial charge in [0, 0.05) is 16.0 Å². The second kappa shape index (κ2) is 7.74. The molecule has 1 N–H and O–H groups in total. The Morgan fingerprint density at radius 2 is 1.63 bits per heavy atom. The average Bonchev–Trinajstić information content (AvgIpc) is 2.68. The van der Waals surface area contributed by atoms with Crippen LogP contribution in [0.4, 0.5) is 5.82 Å². The van der Waals surface area contributed by atoms with Crippen LogP contribution in [0.2, 0.25) is 10.0 Å². The van der Waals surface area contributed by atoms with Crippen LogP contribution >= 0.6 is 23.2 Å². The first-order valence-corrected chi connectivity index (χ1v) is 9.02. The van der Waals surface area contributed by atoms with Gasteiger partial charge >= 0.3 is 0 Å². The monoisotopic (exact) mass is 392 g/mol. The maximum Gasteiger partial charge on any atom is 0.163 e. The van der Waals surface area contributed by atoms with Crippen LogP contribution in [0.25, 0.3) is 22.3 Å². The summed E-state index contributed by atoms with van der Waals surface area (Å²) in [6.45, 7) is 0. The van der Waals surface area contributed by atoms with E-state index in [0.717, 1.165) is 16.5 Å². The maximum atomic E-state index is 6.34. The number of anilines is 1. The number of hydrazone groups is 1. The molecule has 132 valence electrons. The summed E-state index contributed by atoms with van der Waals surface area (Å²) in [7, 11) is 0. The molecule has 1 heterocycles. The third kappa shape index (κ3) is 3.92. The number of aromatic nitrogens is 2. The summed E-state index contributed by atoms with van der Waals surface area (Å²) >= 11 is 12.3. The maximum absolute atomic E-state index is 6.34. The van der Waals surface area contributed by atoms with Crippen LogP contribution in [0.3, 0.4) is 0 Å². The minimum Gasteiger partial charge on any atom is -0.261 e. The number of hydrogen-bond acceptors (Lipinski definition) is 4. The van der Waals surface area contributed by atoms with Crippen molar-refractivity contribution in [1.29, 1.82) is 0 Å². The lowest BCUT2D eigenvalue weighted by Crippen LogP contribution is -1.99. The van der Waals surface area contributed by atoms with Crippen molar-refractivity contribution in [1.82, 2.24) is 9.97 Å². The van der Waals surface area contributed by atoms with Gasteiger partial charge in [0.1, 0.15) is 0 Å². The van der Waals surface area contributed by atoms with Crippen LogP contribution in [0.1, 0.15) is 5.56 Å². The normalized spacial score (nSPS) is 11.2. The Morgan fingerprint density at radius 3 is 2.44 bits per heavy atom. The topological polar surface area (TPSA) is 50.2 Å². The van der Waals surface area contributed by atoms with E-state index in [4.69, 9.17) is 23.2 Å². The molecular formula is C21H14Cl2N4. The molecular weight excluding hydrogens is 379 g/mol. The molecule has 0 atom stereocenters. The lowest BCUT2D eigenvalue weighted by molar-refractivity contribution is 1.19. The van der Waals surface area contributed by atoms with Crippen molar-refractivity contribution in [3.05, 3.63) is 88.4 Å². The molecule has 0 fully saturated rings. The van der Waals surface area contributed by atoms with Crippen LogP contribution in [0, 0.1) is 0 Å². The Kier molecular flexibility index (Phi) is 5.01. The first-order valence-electron chi connectivity index (χ1n) is 8.27. The minimum atomic E-state index is 0.497. The Bertz CT molecular complexity index is 1130. The zero-order valence-electron chi connectivity index (χ0n) is 14.1. The van der Waals surface area contributed by atoms with Crippen LogP contribution in [-0.4, -0.2) is 16.2 Å². The highest BCUT2D eigenvalue weighted by molar-refractivity contribution is 6.36. The van der Waals surface area contributed by atoms with E-state index in [1.54, 1.807) is 18.3 Å². The molecule has 1 aromatic heterocycles. The number of fused-ring (bicyclic) bond motifs is 1. The zero-order valence-corrected chi connectivity index (χ0v) is 15.6. The molecule has 0 aliphatic carbocycles. The summed E-state index contributed by atoms with van der Waals surface area (Å²) in [5.74, 6) is 1.11. The van der Waals surface area contributed by atoms with Crippen molar-refractivity contribution in [2.45, 2.75) is 0 Å². The first kappa shape index (κ1) is 17.5. The number of benzene rings is 3. The molecule has 4 nitrogen and oxygen atoms in total. The highest BCUT2D eigenvalue weighted by Crippen LogP contribution is 2.31. The molecule has 4 aromatic rings. The first-order chi connectivity index (χ1) is 13.2. The van der Waals surface area contributed by atoms with E-state index >= 15 is 0 Å². The summed E-state index contributed by atoms with van der Waals surface area (Å²) in [6.07, 6.45) is 1.74. The molecule has 4 rings (SSSR count). The molecule has 0 aliphatic heterocycles. The number of nitrogens with one attached hydrogen (secondary N) is 1. The van der Waals surface area contributed by atoms with Crippen molar-refractivity contribution >= 4 is 46.1 Å². The largest absolute Gasteiger partial charge is 0.261 e. The Morgan fingerprint density at radius 1 is 0.852 bits per heavy atom. The van der Waals surface area contributed by atoms with Crippen LogP contribution in [-0.2, 0) is 0 Å². The summed E-state index contributed by atoms with van der Waals surface area (Å²) in [5.41, 5.74) is 5.52. The van der Waals surface area contributed by atoms with Crippen molar-refractivity contribution in [3.8, 4) is 11.4 Å². The van der Waals surface area contributed by atoms with Gasteiger partial charge in [0.2, 0.25) is 0 Å². The predicted molar refractivity (Wildman–Crippen MR) is 113 cm³/mol. The van der Waals surface area contributed by atoms with E-state index in [2.05, 4.69) is 20.5 Å². The fraction of sp³-hybridized carbons (Fsp3) is 0. The van der Waals surface area contributed by atoms with Gasteiger partial charge in [0.05, 0.1) is 16.8 Å². The van der Waals surface area contributed by atoms with Gasteiger partial charge in [-0.3, -0.25) is 5.43 Å². The zero-order chi connectivity index (χ0) is 18.6. The van der Waals surface area contributed by atoms with Crippen molar-refractivity contribution in [2.24, 2.45) is 5.10 Å². The second-order valence-corrected chi connectivity index (χ2v) is 6.66. The number of rotatable bonds is 4. The highest BCUT2D eigenvalue weighted by Gasteiger charge is 2.12. The third-order valence-corrected chi connectivity index (χ3v) is 4.51. The van der Waals surface area contributed by atoms with Crippen LogP contribution in [0.15, 0.2) is 77.9 Å². The van der Waals surface area contributed by atoms with Gasteiger partial charge in [0.25, 0.3) is 0 Å².